The Labute approximate surface area is 200 Å². The summed E-state index contributed by atoms with van der Waals surface area (Å²) in [6.07, 6.45) is 1.37. The summed E-state index contributed by atoms with van der Waals surface area (Å²) < 4.78 is 24.5. The molecule has 0 spiro atoms. The molecule has 0 aliphatic rings. The molecular formula is C22H13ClFN7O4. The number of nitrogens with zero attached hydrogens (tertiary/aromatic N) is 5. The van der Waals surface area contributed by atoms with Crippen LogP contribution in [0.5, 0.6) is 0 Å². The first-order valence-corrected chi connectivity index (χ1v) is 10.3. The molecule has 0 saturated carbocycles. The van der Waals surface area contributed by atoms with Crippen molar-refractivity contribution in [1.29, 1.82) is 0 Å². The number of hydrogen-bond donors (Lipinski definition) is 3. The Morgan fingerprint density at radius 2 is 1.83 bits per heavy atom. The number of halogens is 2. The number of fused-ring (bicyclic) bond motifs is 1. The maximum Gasteiger partial charge on any atom is 0.337 e. The molecule has 3 aromatic heterocycles. The van der Waals surface area contributed by atoms with Crippen molar-refractivity contribution >= 4 is 52.4 Å². The molecule has 0 fully saturated rings. The smallest absolute Gasteiger partial charge is 0.337 e. The molecule has 0 bridgehead atoms. The maximum atomic E-state index is 14.1. The summed E-state index contributed by atoms with van der Waals surface area (Å²) in [5.41, 5.74) is 3.62. The van der Waals surface area contributed by atoms with Gasteiger partial charge < -0.3 is 14.8 Å². The first-order chi connectivity index (χ1) is 17.0. The molecule has 0 amide bonds. The summed E-state index contributed by atoms with van der Waals surface area (Å²) in [6, 6.07) is 13.9. The number of carboxylic acids is 1. The Morgan fingerprint density at radius 3 is 2.60 bits per heavy atom. The van der Waals surface area contributed by atoms with E-state index in [1.165, 1.54) is 30.5 Å². The van der Waals surface area contributed by atoms with Gasteiger partial charge >= 0.3 is 5.97 Å². The van der Waals surface area contributed by atoms with Crippen LogP contribution < -0.4 is 10.7 Å². The molecule has 0 saturated heterocycles. The van der Waals surface area contributed by atoms with Gasteiger partial charge in [0, 0.05) is 5.56 Å². The molecule has 2 aromatic carbocycles. The highest BCUT2D eigenvalue weighted by Crippen LogP contribution is 2.27. The molecule has 0 atom stereocenters. The topological polar surface area (TPSA) is 152 Å². The second kappa shape index (κ2) is 9.19. The van der Waals surface area contributed by atoms with Crippen LogP contribution in [-0.2, 0) is 0 Å². The maximum absolute atomic E-state index is 14.1. The Balaban J connectivity index is 1.38. The lowest BCUT2D eigenvalue weighted by molar-refractivity contribution is 0.0697. The number of hydrazone groups is 1. The van der Waals surface area contributed by atoms with Gasteiger partial charge in [-0.3, -0.25) is 5.43 Å². The molecule has 3 heterocycles. The van der Waals surface area contributed by atoms with Gasteiger partial charge in [-0.15, -0.1) is 0 Å². The molecule has 13 heteroatoms. The van der Waals surface area contributed by atoms with E-state index in [1.807, 2.05) is 0 Å². The SMILES string of the molecule is O=C(O)c1cc(-c2ccc(/C=N/Nc3nc4nonc4nc3Nc3ccccc3F)o2)ccc1Cl. The van der Waals surface area contributed by atoms with Gasteiger partial charge in [0.1, 0.15) is 17.3 Å². The van der Waals surface area contributed by atoms with E-state index in [1.54, 1.807) is 30.3 Å². The molecule has 0 unspecified atom stereocenters. The van der Waals surface area contributed by atoms with Crippen LogP contribution in [0.1, 0.15) is 16.1 Å². The number of aromatic carboxylic acids is 1. The summed E-state index contributed by atoms with van der Waals surface area (Å²) in [5.74, 6) is -0.586. The minimum absolute atomic E-state index is 0.0383. The number of rotatable bonds is 7. The van der Waals surface area contributed by atoms with Gasteiger partial charge in [0.25, 0.3) is 0 Å². The van der Waals surface area contributed by atoms with E-state index in [-0.39, 0.29) is 39.2 Å². The van der Waals surface area contributed by atoms with Crippen molar-refractivity contribution in [2.24, 2.45) is 5.10 Å². The molecule has 0 aliphatic heterocycles. The normalized spacial score (nSPS) is 11.3. The number of para-hydroxylation sites is 1. The zero-order valence-electron chi connectivity index (χ0n) is 17.4. The highest BCUT2D eigenvalue weighted by atomic mass is 35.5. The van der Waals surface area contributed by atoms with Crippen molar-refractivity contribution in [3.05, 3.63) is 76.8 Å². The van der Waals surface area contributed by atoms with Crippen LogP contribution in [0.4, 0.5) is 21.7 Å². The van der Waals surface area contributed by atoms with Crippen molar-refractivity contribution in [1.82, 2.24) is 20.3 Å². The monoisotopic (exact) mass is 493 g/mol. The number of hydrogen-bond acceptors (Lipinski definition) is 10. The average molecular weight is 494 g/mol. The fourth-order valence-electron chi connectivity index (χ4n) is 3.07. The Morgan fingerprint density at radius 1 is 1.06 bits per heavy atom. The standard InChI is InChI=1S/C22H13ClFN7O4/c23-14-7-5-11(9-13(14)22(32)33)17-8-6-12(34-17)10-25-29-19-18(26-16-4-2-1-3-15(16)24)27-20-21(28-19)31-35-30-20/h1-10H,(H,32,33)(H,26,27,30)(H,28,29,31)/b25-10+. The summed E-state index contributed by atoms with van der Waals surface area (Å²) in [4.78, 5) is 19.8. The summed E-state index contributed by atoms with van der Waals surface area (Å²) in [5, 5.41) is 23.6. The van der Waals surface area contributed by atoms with E-state index < -0.39 is 11.8 Å². The number of benzene rings is 2. The molecule has 11 nitrogen and oxygen atoms in total. The van der Waals surface area contributed by atoms with Crippen molar-refractivity contribution in [3.8, 4) is 11.3 Å². The van der Waals surface area contributed by atoms with Gasteiger partial charge in [0.2, 0.25) is 11.3 Å². The molecular weight excluding hydrogens is 481 g/mol. The summed E-state index contributed by atoms with van der Waals surface area (Å²) >= 11 is 5.92. The lowest BCUT2D eigenvalue weighted by Gasteiger charge is -2.09. The number of aromatic nitrogens is 4. The van der Waals surface area contributed by atoms with Crippen LogP contribution in [0.3, 0.4) is 0 Å². The third-order valence-corrected chi connectivity index (χ3v) is 5.04. The first-order valence-electron chi connectivity index (χ1n) is 9.92. The summed E-state index contributed by atoms with van der Waals surface area (Å²) in [6.45, 7) is 0. The van der Waals surface area contributed by atoms with Gasteiger partial charge in [0.05, 0.1) is 22.5 Å². The van der Waals surface area contributed by atoms with Crippen LogP contribution in [0.15, 0.2) is 68.7 Å². The van der Waals surface area contributed by atoms with Crippen molar-refractivity contribution in [2.45, 2.75) is 0 Å². The first kappa shape index (κ1) is 22.0. The second-order valence-corrected chi connectivity index (χ2v) is 7.42. The van der Waals surface area contributed by atoms with Gasteiger partial charge in [-0.1, -0.05) is 23.7 Å². The van der Waals surface area contributed by atoms with Gasteiger partial charge in [-0.25, -0.2) is 18.8 Å². The molecule has 35 heavy (non-hydrogen) atoms. The van der Waals surface area contributed by atoms with Crippen molar-refractivity contribution in [2.75, 3.05) is 10.7 Å². The molecule has 0 aliphatic carbocycles. The van der Waals surface area contributed by atoms with Gasteiger partial charge in [0.15, 0.2) is 11.6 Å². The number of carboxylic acid groups (broad SMARTS) is 1. The number of furan rings is 1. The van der Waals surface area contributed by atoms with Crippen LogP contribution >= 0.6 is 11.6 Å². The molecule has 5 aromatic rings. The quantitative estimate of drug-likeness (QED) is 0.209. The third-order valence-electron chi connectivity index (χ3n) is 4.71. The van der Waals surface area contributed by atoms with E-state index in [0.29, 0.717) is 17.1 Å². The van der Waals surface area contributed by atoms with E-state index in [0.717, 1.165) is 0 Å². The van der Waals surface area contributed by atoms with Crippen molar-refractivity contribution in [3.63, 3.8) is 0 Å². The minimum Gasteiger partial charge on any atom is -0.478 e. The number of nitrogens with one attached hydrogen (secondary N) is 2. The lowest BCUT2D eigenvalue weighted by atomic mass is 10.1. The molecule has 3 N–H and O–H groups in total. The Kier molecular flexibility index (Phi) is 5.77. The highest BCUT2D eigenvalue weighted by molar-refractivity contribution is 6.33. The predicted octanol–water partition coefficient (Wildman–Crippen LogP) is 4.95. The fourth-order valence-corrected chi connectivity index (χ4v) is 3.27. The minimum atomic E-state index is -1.14. The van der Waals surface area contributed by atoms with Crippen LogP contribution in [0.25, 0.3) is 22.6 Å². The van der Waals surface area contributed by atoms with E-state index in [4.69, 9.17) is 16.0 Å². The van der Waals surface area contributed by atoms with E-state index >= 15 is 0 Å². The molecule has 0 radical (unpaired) electrons. The summed E-state index contributed by atoms with van der Waals surface area (Å²) in [7, 11) is 0. The van der Waals surface area contributed by atoms with Gasteiger partial charge in [-0.05, 0) is 52.8 Å². The van der Waals surface area contributed by atoms with Crippen LogP contribution in [-0.4, -0.2) is 37.6 Å². The van der Waals surface area contributed by atoms with Crippen LogP contribution in [0, 0.1) is 5.82 Å². The van der Waals surface area contributed by atoms with Crippen molar-refractivity contribution < 1.29 is 23.3 Å². The average Bonchev–Trinajstić information content (AvgIpc) is 3.50. The van der Waals surface area contributed by atoms with Crippen LogP contribution in [0.2, 0.25) is 5.02 Å². The molecule has 174 valence electrons. The largest absolute Gasteiger partial charge is 0.478 e. The fraction of sp³-hybridized carbons (Fsp3) is 0. The third kappa shape index (κ3) is 4.63. The lowest BCUT2D eigenvalue weighted by Crippen LogP contribution is -2.04. The number of carbonyl (C=O) groups is 1. The van der Waals surface area contributed by atoms with Gasteiger partial charge in [-0.2, -0.15) is 10.1 Å². The zero-order chi connectivity index (χ0) is 24.4. The Hall–Kier alpha value is -4.84. The highest BCUT2D eigenvalue weighted by Gasteiger charge is 2.15. The zero-order valence-corrected chi connectivity index (χ0v) is 18.2. The van der Waals surface area contributed by atoms with E-state index in [2.05, 4.69) is 40.8 Å². The number of anilines is 3. The van der Waals surface area contributed by atoms with E-state index in [9.17, 15) is 14.3 Å². The second-order valence-electron chi connectivity index (χ2n) is 7.01. The predicted molar refractivity (Wildman–Crippen MR) is 124 cm³/mol. The Bertz CT molecular complexity index is 1580. The molecule has 5 rings (SSSR count).